The van der Waals surface area contributed by atoms with Gasteiger partial charge in [-0.1, -0.05) is 34.1 Å². The van der Waals surface area contributed by atoms with Gasteiger partial charge in [-0.2, -0.15) is 0 Å². The predicted octanol–water partition coefficient (Wildman–Crippen LogP) is 3.73. The Balaban J connectivity index is 1.57. The van der Waals surface area contributed by atoms with Gasteiger partial charge >= 0.3 is 0 Å². The normalized spacial score (nSPS) is 18.8. The highest BCUT2D eigenvalue weighted by atomic mass is 33.1. The lowest BCUT2D eigenvalue weighted by molar-refractivity contribution is -0.116. The fourth-order valence-corrected chi connectivity index (χ4v) is 4.89. The second kappa shape index (κ2) is 7.69. The molecule has 1 aromatic rings. The summed E-state index contributed by atoms with van der Waals surface area (Å²) >= 11 is 0. The van der Waals surface area contributed by atoms with E-state index in [1.165, 1.54) is 18.6 Å². The molecule has 1 N–H and O–H groups in total. The Hall–Kier alpha value is -0.680. The number of amides is 1. The van der Waals surface area contributed by atoms with Crippen LogP contribution in [-0.4, -0.2) is 21.9 Å². The molecule has 0 bridgehead atoms. The van der Waals surface area contributed by atoms with Gasteiger partial charge in [0.2, 0.25) is 5.91 Å². The third-order valence-corrected chi connectivity index (χ3v) is 5.85. The van der Waals surface area contributed by atoms with Gasteiger partial charge in [-0.3, -0.25) is 4.79 Å². The number of carbonyl (C=O) groups excluding carboxylic acids is 1. The lowest BCUT2D eigenvalue weighted by Gasteiger charge is -2.07. The number of hydrogen-bond donors (Lipinski definition) is 1. The van der Waals surface area contributed by atoms with Crippen LogP contribution in [0.15, 0.2) is 24.4 Å². The number of nitrogens with one attached hydrogen (secondary N) is 1. The van der Waals surface area contributed by atoms with Crippen LogP contribution in [0.2, 0.25) is 0 Å². The maximum absolute atomic E-state index is 11.6. The van der Waals surface area contributed by atoms with E-state index in [9.17, 15) is 4.79 Å². The third-order valence-electron chi connectivity index (χ3n) is 2.84. The van der Waals surface area contributed by atoms with Crippen molar-refractivity contribution in [2.45, 2.75) is 37.4 Å². The van der Waals surface area contributed by atoms with Crippen molar-refractivity contribution < 1.29 is 4.79 Å². The fraction of sp³-hybridized carbons (Fsp3) is 0.538. The maximum Gasteiger partial charge on any atom is 0.225 e. The molecular weight excluding hydrogens is 264 g/mol. The van der Waals surface area contributed by atoms with E-state index >= 15 is 0 Å². The number of anilines is 1. The van der Waals surface area contributed by atoms with Crippen LogP contribution in [0.4, 0.5) is 5.82 Å². The first-order chi connectivity index (χ1) is 8.84. The van der Waals surface area contributed by atoms with Crippen molar-refractivity contribution in [2.75, 3.05) is 11.1 Å². The fourth-order valence-electron chi connectivity index (χ4n) is 1.86. The molecule has 98 valence electrons. The maximum atomic E-state index is 11.6. The highest BCUT2D eigenvalue weighted by molar-refractivity contribution is 8.77. The van der Waals surface area contributed by atoms with Crippen LogP contribution in [0.5, 0.6) is 0 Å². The van der Waals surface area contributed by atoms with E-state index in [0.29, 0.717) is 12.2 Å². The predicted molar refractivity (Wildman–Crippen MR) is 79.8 cm³/mol. The zero-order valence-electron chi connectivity index (χ0n) is 10.3. The molecule has 1 aliphatic rings. The zero-order chi connectivity index (χ0) is 12.6. The van der Waals surface area contributed by atoms with Crippen molar-refractivity contribution in [3.05, 3.63) is 24.4 Å². The van der Waals surface area contributed by atoms with Crippen LogP contribution in [0.25, 0.3) is 0 Å². The van der Waals surface area contributed by atoms with Gasteiger partial charge < -0.3 is 5.32 Å². The molecule has 0 spiro atoms. The average Bonchev–Trinajstić information content (AvgIpc) is 2.89. The van der Waals surface area contributed by atoms with Gasteiger partial charge in [0.05, 0.1) is 0 Å². The lowest BCUT2D eigenvalue weighted by atomic mass is 10.1. The first-order valence-electron chi connectivity index (χ1n) is 6.34. The highest BCUT2D eigenvalue weighted by Gasteiger charge is 2.15. The van der Waals surface area contributed by atoms with Crippen molar-refractivity contribution in [1.82, 2.24) is 4.98 Å². The molecule has 0 saturated carbocycles. The molecule has 5 heteroatoms. The quantitative estimate of drug-likeness (QED) is 0.637. The standard InChI is InChI=1S/C13H18N2OS2/c16-13(15-12-6-3-4-9-14-12)7-2-1-5-11-8-10-17-18-11/h3-4,6,9,11H,1-2,5,7-8,10H2,(H,14,15,16)/t11-/m1/s1. The van der Waals surface area contributed by atoms with Gasteiger partial charge in [0.1, 0.15) is 5.82 Å². The van der Waals surface area contributed by atoms with E-state index < -0.39 is 0 Å². The van der Waals surface area contributed by atoms with E-state index in [2.05, 4.69) is 10.3 Å². The van der Waals surface area contributed by atoms with Crippen molar-refractivity contribution in [1.29, 1.82) is 0 Å². The minimum absolute atomic E-state index is 0.0714. The zero-order valence-corrected chi connectivity index (χ0v) is 11.9. The van der Waals surface area contributed by atoms with Crippen molar-refractivity contribution in [3.63, 3.8) is 0 Å². The summed E-state index contributed by atoms with van der Waals surface area (Å²) in [7, 11) is 3.99. The van der Waals surface area contributed by atoms with E-state index in [-0.39, 0.29) is 5.91 Å². The third kappa shape index (κ3) is 4.90. The Morgan fingerprint density at radius 3 is 3.11 bits per heavy atom. The topological polar surface area (TPSA) is 42.0 Å². The van der Waals surface area contributed by atoms with Crippen LogP contribution in [0.1, 0.15) is 32.1 Å². The summed E-state index contributed by atoms with van der Waals surface area (Å²) in [6.07, 6.45) is 6.98. The van der Waals surface area contributed by atoms with E-state index in [0.717, 1.165) is 18.1 Å². The van der Waals surface area contributed by atoms with Crippen LogP contribution >= 0.6 is 21.6 Å². The van der Waals surface area contributed by atoms with E-state index in [1.54, 1.807) is 6.20 Å². The first kappa shape index (κ1) is 13.7. The Bertz CT molecular complexity index is 367. The number of carbonyl (C=O) groups is 1. The summed E-state index contributed by atoms with van der Waals surface area (Å²) in [6, 6.07) is 5.52. The summed E-state index contributed by atoms with van der Waals surface area (Å²) in [6.45, 7) is 0. The number of rotatable bonds is 6. The molecule has 0 unspecified atom stereocenters. The molecule has 1 saturated heterocycles. The minimum atomic E-state index is 0.0714. The van der Waals surface area contributed by atoms with Crippen molar-refractivity contribution in [2.24, 2.45) is 0 Å². The number of unbranched alkanes of at least 4 members (excludes halogenated alkanes) is 1. The summed E-state index contributed by atoms with van der Waals surface area (Å²) in [5.41, 5.74) is 0. The molecule has 18 heavy (non-hydrogen) atoms. The molecule has 1 atom stereocenters. The molecule has 3 nitrogen and oxygen atoms in total. The van der Waals surface area contributed by atoms with Crippen LogP contribution in [-0.2, 0) is 4.79 Å². The van der Waals surface area contributed by atoms with Gasteiger partial charge in [0.15, 0.2) is 0 Å². The molecule has 0 aromatic carbocycles. The Labute approximate surface area is 116 Å². The number of nitrogens with zero attached hydrogens (tertiary/aromatic N) is 1. The average molecular weight is 282 g/mol. The Morgan fingerprint density at radius 1 is 1.44 bits per heavy atom. The van der Waals surface area contributed by atoms with Gasteiger partial charge in [-0.05, 0) is 31.4 Å². The molecule has 2 heterocycles. The van der Waals surface area contributed by atoms with Crippen LogP contribution < -0.4 is 5.32 Å². The number of pyridine rings is 1. The highest BCUT2D eigenvalue weighted by Crippen LogP contribution is 2.39. The largest absolute Gasteiger partial charge is 0.311 e. The molecule has 1 aliphatic heterocycles. The molecule has 1 fully saturated rings. The summed E-state index contributed by atoms with van der Waals surface area (Å²) in [4.78, 5) is 15.7. The monoisotopic (exact) mass is 282 g/mol. The molecule has 1 amide bonds. The molecule has 2 rings (SSSR count). The number of hydrogen-bond acceptors (Lipinski definition) is 4. The second-order valence-electron chi connectivity index (χ2n) is 4.34. The summed E-state index contributed by atoms with van der Waals surface area (Å²) in [5.74, 6) is 2.00. The van der Waals surface area contributed by atoms with Crippen LogP contribution in [0.3, 0.4) is 0 Å². The van der Waals surface area contributed by atoms with Crippen molar-refractivity contribution >= 4 is 33.3 Å². The SMILES string of the molecule is O=C(CCCC[C@@H]1CCSS1)Nc1ccccn1. The smallest absolute Gasteiger partial charge is 0.225 e. The molecule has 0 radical (unpaired) electrons. The molecule has 1 aromatic heterocycles. The lowest BCUT2D eigenvalue weighted by Crippen LogP contribution is -2.12. The van der Waals surface area contributed by atoms with Gasteiger partial charge in [0, 0.05) is 23.6 Å². The summed E-state index contributed by atoms with van der Waals surface area (Å²) < 4.78 is 0. The Morgan fingerprint density at radius 2 is 2.39 bits per heavy atom. The first-order valence-corrected chi connectivity index (χ1v) is 8.72. The molecule has 0 aliphatic carbocycles. The molecular formula is C13H18N2OS2. The van der Waals surface area contributed by atoms with Gasteiger partial charge in [0.25, 0.3) is 0 Å². The number of aromatic nitrogens is 1. The van der Waals surface area contributed by atoms with E-state index in [1.807, 2.05) is 39.8 Å². The second-order valence-corrected chi connectivity index (χ2v) is 7.13. The van der Waals surface area contributed by atoms with Gasteiger partial charge in [-0.15, -0.1) is 0 Å². The van der Waals surface area contributed by atoms with Crippen molar-refractivity contribution in [3.8, 4) is 0 Å². The van der Waals surface area contributed by atoms with E-state index in [4.69, 9.17) is 0 Å². The summed E-state index contributed by atoms with van der Waals surface area (Å²) in [5, 5.41) is 3.62. The van der Waals surface area contributed by atoms with Gasteiger partial charge in [-0.25, -0.2) is 4.98 Å². The minimum Gasteiger partial charge on any atom is -0.311 e. The Kier molecular flexibility index (Phi) is 5.87. The van der Waals surface area contributed by atoms with Crippen LogP contribution in [0, 0.1) is 0 Å².